The van der Waals surface area contributed by atoms with Gasteiger partial charge in [0.1, 0.15) is 5.82 Å². The standard InChI is InChI=1S/C11H15FN2O2/c1-2-10(15)7-13-11(16)14-9-5-3-4-8(12)6-9/h3-6,10,15H,2,7H2,1H3,(H2,13,14,16). The second-order valence-electron chi connectivity index (χ2n) is 3.41. The number of rotatable bonds is 4. The molecule has 1 aromatic carbocycles. The molecular weight excluding hydrogens is 211 g/mol. The molecule has 1 atom stereocenters. The number of carbonyl (C=O) groups excluding carboxylic acids is 1. The fourth-order valence-corrected chi connectivity index (χ4v) is 1.10. The monoisotopic (exact) mass is 226 g/mol. The Balaban J connectivity index is 2.40. The first-order valence-corrected chi connectivity index (χ1v) is 5.10. The van der Waals surface area contributed by atoms with Crippen molar-refractivity contribution in [3.05, 3.63) is 30.1 Å². The van der Waals surface area contributed by atoms with Crippen molar-refractivity contribution in [3.63, 3.8) is 0 Å². The van der Waals surface area contributed by atoms with Crippen LogP contribution in [0.4, 0.5) is 14.9 Å². The molecule has 1 unspecified atom stereocenters. The summed E-state index contributed by atoms with van der Waals surface area (Å²) in [6, 6.07) is 5.14. The highest BCUT2D eigenvalue weighted by Gasteiger charge is 2.05. The van der Waals surface area contributed by atoms with Gasteiger partial charge in [0.25, 0.3) is 0 Å². The lowest BCUT2D eigenvalue weighted by Gasteiger charge is -2.10. The Bertz CT molecular complexity index is 358. The molecule has 5 heteroatoms. The van der Waals surface area contributed by atoms with Crippen LogP contribution >= 0.6 is 0 Å². The van der Waals surface area contributed by atoms with Crippen molar-refractivity contribution < 1.29 is 14.3 Å². The molecule has 1 aromatic rings. The second kappa shape index (κ2) is 6.07. The van der Waals surface area contributed by atoms with Gasteiger partial charge in [-0.05, 0) is 24.6 Å². The highest BCUT2D eigenvalue weighted by Crippen LogP contribution is 2.08. The summed E-state index contributed by atoms with van der Waals surface area (Å²) in [4.78, 5) is 11.3. The first-order chi connectivity index (χ1) is 7.61. The Hall–Kier alpha value is -1.62. The number of halogens is 1. The maximum absolute atomic E-state index is 12.8. The Morgan fingerprint density at radius 1 is 1.56 bits per heavy atom. The van der Waals surface area contributed by atoms with Gasteiger partial charge in [0.05, 0.1) is 6.10 Å². The molecular formula is C11H15FN2O2. The number of urea groups is 1. The third-order valence-corrected chi connectivity index (χ3v) is 2.05. The van der Waals surface area contributed by atoms with E-state index in [0.717, 1.165) is 0 Å². The molecule has 0 spiro atoms. The van der Waals surface area contributed by atoms with E-state index in [9.17, 15) is 14.3 Å². The van der Waals surface area contributed by atoms with Crippen LogP contribution in [0.5, 0.6) is 0 Å². The maximum atomic E-state index is 12.8. The topological polar surface area (TPSA) is 61.4 Å². The van der Waals surface area contributed by atoms with E-state index >= 15 is 0 Å². The fraction of sp³-hybridized carbons (Fsp3) is 0.364. The molecule has 0 radical (unpaired) electrons. The number of nitrogens with one attached hydrogen (secondary N) is 2. The molecule has 0 aliphatic heterocycles. The van der Waals surface area contributed by atoms with Crippen molar-refractivity contribution in [3.8, 4) is 0 Å². The molecule has 0 heterocycles. The Morgan fingerprint density at radius 2 is 2.31 bits per heavy atom. The van der Waals surface area contributed by atoms with Gasteiger partial charge in [-0.15, -0.1) is 0 Å². The summed E-state index contributed by atoms with van der Waals surface area (Å²) in [5.41, 5.74) is 0.378. The smallest absolute Gasteiger partial charge is 0.319 e. The number of hydrogen-bond acceptors (Lipinski definition) is 2. The SMILES string of the molecule is CCC(O)CNC(=O)Nc1cccc(F)c1. The van der Waals surface area contributed by atoms with E-state index in [1.54, 1.807) is 6.07 Å². The van der Waals surface area contributed by atoms with E-state index in [4.69, 9.17) is 0 Å². The van der Waals surface area contributed by atoms with E-state index in [2.05, 4.69) is 10.6 Å². The normalized spacial score (nSPS) is 11.9. The summed E-state index contributed by atoms with van der Waals surface area (Å²) in [5.74, 6) is -0.411. The van der Waals surface area contributed by atoms with Gasteiger partial charge in [-0.2, -0.15) is 0 Å². The van der Waals surface area contributed by atoms with Gasteiger partial charge in [-0.1, -0.05) is 13.0 Å². The molecule has 0 fully saturated rings. The zero-order valence-corrected chi connectivity index (χ0v) is 9.03. The molecule has 16 heavy (non-hydrogen) atoms. The van der Waals surface area contributed by atoms with Crippen LogP contribution < -0.4 is 10.6 Å². The van der Waals surface area contributed by atoms with Crippen molar-refractivity contribution in [2.24, 2.45) is 0 Å². The minimum atomic E-state index is -0.557. The van der Waals surface area contributed by atoms with E-state index in [1.807, 2.05) is 6.92 Å². The molecule has 3 N–H and O–H groups in total. The summed E-state index contributed by atoms with van der Waals surface area (Å²) < 4.78 is 12.8. The molecule has 2 amide bonds. The van der Waals surface area contributed by atoms with Gasteiger partial charge in [0, 0.05) is 12.2 Å². The van der Waals surface area contributed by atoms with Gasteiger partial charge in [-0.25, -0.2) is 9.18 Å². The molecule has 4 nitrogen and oxygen atoms in total. The first-order valence-electron chi connectivity index (χ1n) is 5.10. The molecule has 0 aromatic heterocycles. The molecule has 0 aliphatic carbocycles. The number of benzene rings is 1. The van der Waals surface area contributed by atoms with Crippen LogP contribution in [0.15, 0.2) is 24.3 Å². The third kappa shape index (κ3) is 4.27. The summed E-state index contributed by atoms with van der Waals surface area (Å²) in [6.45, 7) is 1.99. The number of aliphatic hydroxyl groups excluding tert-OH is 1. The lowest BCUT2D eigenvalue weighted by molar-refractivity contribution is 0.168. The van der Waals surface area contributed by atoms with Crippen molar-refractivity contribution in [2.45, 2.75) is 19.4 Å². The average Bonchev–Trinajstić information content (AvgIpc) is 2.26. The minimum Gasteiger partial charge on any atom is -0.391 e. The molecule has 0 aliphatic rings. The maximum Gasteiger partial charge on any atom is 0.319 e. The highest BCUT2D eigenvalue weighted by atomic mass is 19.1. The number of anilines is 1. The fourth-order valence-electron chi connectivity index (χ4n) is 1.10. The number of aliphatic hydroxyl groups is 1. The zero-order valence-electron chi connectivity index (χ0n) is 9.03. The summed E-state index contributed by atoms with van der Waals surface area (Å²) >= 11 is 0. The molecule has 1 rings (SSSR count). The zero-order chi connectivity index (χ0) is 12.0. The van der Waals surface area contributed by atoms with Crippen LogP contribution in [0.2, 0.25) is 0 Å². The molecule has 0 saturated heterocycles. The van der Waals surface area contributed by atoms with Crippen molar-refractivity contribution in [1.29, 1.82) is 0 Å². The molecule has 88 valence electrons. The van der Waals surface area contributed by atoms with E-state index in [-0.39, 0.29) is 6.54 Å². The van der Waals surface area contributed by atoms with Crippen LogP contribution in [0.3, 0.4) is 0 Å². The number of carbonyl (C=O) groups is 1. The Morgan fingerprint density at radius 3 is 2.94 bits per heavy atom. The lowest BCUT2D eigenvalue weighted by Crippen LogP contribution is -2.34. The minimum absolute atomic E-state index is 0.178. The quantitative estimate of drug-likeness (QED) is 0.732. The van der Waals surface area contributed by atoms with Gasteiger partial charge < -0.3 is 15.7 Å². The second-order valence-corrected chi connectivity index (χ2v) is 3.41. The summed E-state index contributed by atoms with van der Waals surface area (Å²) in [7, 11) is 0. The van der Waals surface area contributed by atoms with Crippen molar-refractivity contribution >= 4 is 11.7 Å². The van der Waals surface area contributed by atoms with E-state index in [1.165, 1.54) is 18.2 Å². The average molecular weight is 226 g/mol. The van der Waals surface area contributed by atoms with E-state index in [0.29, 0.717) is 12.1 Å². The van der Waals surface area contributed by atoms with Crippen LogP contribution in [0, 0.1) is 5.82 Å². The molecule has 0 bridgehead atoms. The first kappa shape index (κ1) is 12.4. The van der Waals surface area contributed by atoms with Gasteiger partial charge >= 0.3 is 6.03 Å². The van der Waals surface area contributed by atoms with Gasteiger partial charge in [0.15, 0.2) is 0 Å². The summed E-state index contributed by atoms with van der Waals surface area (Å²) in [6.07, 6.45) is 0.0125. The summed E-state index contributed by atoms with van der Waals surface area (Å²) in [5, 5.41) is 14.2. The van der Waals surface area contributed by atoms with E-state index < -0.39 is 18.0 Å². The predicted molar refractivity (Wildman–Crippen MR) is 59.7 cm³/mol. The van der Waals surface area contributed by atoms with Crippen molar-refractivity contribution in [2.75, 3.05) is 11.9 Å². The predicted octanol–water partition coefficient (Wildman–Crippen LogP) is 1.72. The van der Waals surface area contributed by atoms with Crippen LogP contribution in [0.25, 0.3) is 0 Å². The van der Waals surface area contributed by atoms with Gasteiger partial charge in [0.2, 0.25) is 0 Å². The highest BCUT2D eigenvalue weighted by molar-refractivity contribution is 5.89. The molecule has 0 saturated carbocycles. The number of hydrogen-bond donors (Lipinski definition) is 3. The van der Waals surface area contributed by atoms with Crippen LogP contribution in [0.1, 0.15) is 13.3 Å². The Kier molecular flexibility index (Phi) is 4.72. The van der Waals surface area contributed by atoms with Crippen LogP contribution in [-0.2, 0) is 0 Å². The third-order valence-electron chi connectivity index (χ3n) is 2.05. The number of amides is 2. The van der Waals surface area contributed by atoms with Crippen LogP contribution in [-0.4, -0.2) is 23.8 Å². The lowest BCUT2D eigenvalue weighted by atomic mass is 10.3. The van der Waals surface area contributed by atoms with Gasteiger partial charge in [-0.3, -0.25) is 0 Å². The Labute approximate surface area is 93.5 Å². The van der Waals surface area contributed by atoms with Crippen molar-refractivity contribution in [1.82, 2.24) is 5.32 Å². The largest absolute Gasteiger partial charge is 0.391 e.